The molecule has 5 nitrogen and oxygen atoms in total. The van der Waals surface area contributed by atoms with Gasteiger partial charge in [0.05, 0.1) is 0 Å². The first-order valence-electron chi connectivity index (χ1n) is 7.24. The predicted octanol–water partition coefficient (Wildman–Crippen LogP) is 1.50. The third-order valence-electron chi connectivity index (χ3n) is 4.25. The largest absolute Gasteiger partial charge is 0.349 e. The van der Waals surface area contributed by atoms with Crippen molar-refractivity contribution in [2.75, 3.05) is 20.1 Å². The van der Waals surface area contributed by atoms with E-state index in [1.807, 2.05) is 18.5 Å². The third-order valence-corrected chi connectivity index (χ3v) is 6.05. The minimum absolute atomic E-state index is 0.422. The summed E-state index contributed by atoms with van der Waals surface area (Å²) in [7, 11) is -1.48. The van der Waals surface area contributed by atoms with Crippen molar-refractivity contribution in [3.8, 4) is 0 Å². The van der Waals surface area contributed by atoms with E-state index in [0.29, 0.717) is 36.4 Å². The summed E-state index contributed by atoms with van der Waals surface area (Å²) in [5.74, 6) is 0.852. The monoisotopic (exact) mass is 299 g/mol. The molecule has 2 atom stereocenters. The number of nitrogens with one attached hydrogen (secondary N) is 1. The number of aromatic nitrogens is 1. The van der Waals surface area contributed by atoms with Gasteiger partial charge in [0, 0.05) is 38.1 Å². The average Bonchev–Trinajstić information content (AvgIpc) is 2.95. The molecule has 0 amide bonds. The Morgan fingerprint density at radius 3 is 2.40 bits per heavy atom. The molecule has 0 spiro atoms. The second kappa shape index (κ2) is 5.87. The first-order valence-corrected chi connectivity index (χ1v) is 8.68. The maximum absolute atomic E-state index is 12.7. The van der Waals surface area contributed by atoms with E-state index >= 15 is 0 Å². The van der Waals surface area contributed by atoms with Crippen molar-refractivity contribution in [2.45, 2.75) is 38.8 Å². The Morgan fingerprint density at radius 1 is 1.30 bits per heavy atom. The normalized spacial score (nSPS) is 24.4. The summed E-state index contributed by atoms with van der Waals surface area (Å²) in [6.45, 7) is 8.96. The summed E-state index contributed by atoms with van der Waals surface area (Å²) >= 11 is 0. The fraction of sp³-hybridized carbons (Fsp3) is 0.714. The van der Waals surface area contributed by atoms with E-state index in [-0.39, 0.29) is 0 Å². The van der Waals surface area contributed by atoms with E-state index < -0.39 is 10.0 Å². The van der Waals surface area contributed by atoms with Crippen molar-refractivity contribution in [3.05, 3.63) is 18.0 Å². The van der Waals surface area contributed by atoms with Crippen LogP contribution in [-0.2, 0) is 23.1 Å². The number of aryl methyl sites for hydroxylation is 1. The lowest BCUT2D eigenvalue weighted by Gasteiger charge is -2.14. The van der Waals surface area contributed by atoms with Gasteiger partial charge >= 0.3 is 0 Å². The molecule has 0 aliphatic carbocycles. The second-order valence-corrected chi connectivity index (χ2v) is 7.70. The van der Waals surface area contributed by atoms with Crippen molar-refractivity contribution in [2.24, 2.45) is 11.8 Å². The summed E-state index contributed by atoms with van der Waals surface area (Å²) < 4.78 is 29.0. The molecule has 1 aromatic rings. The van der Waals surface area contributed by atoms with Crippen LogP contribution in [0, 0.1) is 11.8 Å². The molecule has 1 saturated heterocycles. The maximum atomic E-state index is 12.7. The van der Waals surface area contributed by atoms with Gasteiger partial charge in [-0.05, 0) is 31.9 Å². The number of rotatable bonds is 5. The fourth-order valence-corrected chi connectivity index (χ4v) is 4.42. The lowest BCUT2D eigenvalue weighted by Crippen LogP contribution is -2.28. The minimum Gasteiger partial charge on any atom is -0.349 e. The molecule has 6 heteroatoms. The predicted molar refractivity (Wildman–Crippen MR) is 80.0 cm³/mol. The Hall–Kier alpha value is -0.850. The number of hydrogen-bond donors (Lipinski definition) is 1. The van der Waals surface area contributed by atoms with Crippen LogP contribution in [0.25, 0.3) is 0 Å². The van der Waals surface area contributed by atoms with Gasteiger partial charge in [0.15, 0.2) is 0 Å². The summed E-state index contributed by atoms with van der Waals surface area (Å²) in [6, 6.07) is 1.79. The maximum Gasteiger partial charge on any atom is 0.244 e. The minimum atomic E-state index is -3.35. The summed E-state index contributed by atoms with van der Waals surface area (Å²) in [4.78, 5) is 0.422. The van der Waals surface area contributed by atoms with Crippen LogP contribution in [-0.4, -0.2) is 37.4 Å². The van der Waals surface area contributed by atoms with E-state index in [9.17, 15) is 8.42 Å². The quantitative estimate of drug-likeness (QED) is 0.896. The van der Waals surface area contributed by atoms with Gasteiger partial charge in [-0.1, -0.05) is 13.8 Å². The van der Waals surface area contributed by atoms with Crippen molar-refractivity contribution >= 4 is 10.0 Å². The van der Waals surface area contributed by atoms with E-state index in [2.05, 4.69) is 19.2 Å². The zero-order chi connectivity index (χ0) is 14.9. The highest BCUT2D eigenvalue weighted by atomic mass is 32.2. The van der Waals surface area contributed by atoms with E-state index in [1.54, 1.807) is 16.6 Å². The van der Waals surface area contributed by atoms with Crippen LogP contribution in [0.3, 0.4) is 0 Å². The molecule has 1 N–H and O–H groups in total. The third kappa shape index (κ3) is 2.77. The standard InChI is InChI=1S/C14H25N3O2S/c1-5-16-10-14(6-13(16)7-15-4)20(18,19)17-8-11(2)12(3)9-17/h6,10-12,15H,5,7-9H2,1-4H3. The van der Waals surface area contributed by atoms with E-state index in [0.717, 1.165) is 12.2 Å². The SMILES string of the molecule is CCn1cc(S(=O)(=O)N2CC(C)C(C)C2)cc1CNC. The Morgan fingerprint density at radius 2 is 1.90 bits per heavy atom. The molecule has 0 aromatic carbocycles. The molecule has 2 unspecified atom stereocenters. The van der Waals surface area contributed by atoms with Crippen molar-refractivity contribution in [1.82, 2.24) is 14.2 Å². The zero-order valence-corrected chi connectivity index (χ0v) is 13.6. The van der Waals surface area contributed by atoms with Gasteiger partial charge in [-0.2, -0.15) is 4.31 Å². The average molecular weight is 299 g/mol. The van der Waals surface area contributed by atoms with Gasteiger partial charge in [0.2, 0.25) is 10.0 Å². The van der Waals surface area contributed by atoms with Crippen LogP contribution in [0.5, 0.6) is 0 Å². The Balaban J connectivity index is 2.30. The van der Waals surface area contributed by atoms with Gasteiger partial charge in [0.25, 0.3) is 0 Å². The Labute approximate surface area is 122 Å². The van der Waals surface area contributed by atoms with Crippen LogP contribution in [0.4, 0.5) is 0 Å². The molecule has 0 saturated carbocycles. The second-order valence-electron chi connectivity index (χ2n) is 5.76. The molecule has 20 heavy (non-hydrogen) atoms. The molecular weight excluding hydrogens is 274 g/mol. The van der Waals surface area contributed by atoms with Gasteiger partial charge in [0.1, 0.15) is 4.90 Å². The molecule has 114 valence electrons. The lowest BCUT2D eigenvalue weighted by molar-refractivity contribution is 0.463. The molecule has 1 aliphatic heterocycles. The molecule has 1 aromatic heterocycles. The number of nitrogens with zero attached hydrogens (tertiary/aromatic N) is 2. The van der Waals surface area contributed by atoms with Gasteiger partial charge < -0.3 is 9.88 Å². The number of hydrogen-bond acceptors (Lipinski definition) is 3. The van der Waals surface area contributed by atoms with Crippen LogP contribution >= 0.6 is 0 Å². The van der Waals surface area contributed by atoms with E-state index in [1.165, 1.54) is 0 Å². The summed E-state index contributed by atoms with van der Waals surface area (Å²) in [5.41, 5.74) is 1.01. The summed E-state index contributed by atoms with van der Waals surface area (Å²) in [6.07, 6.45) is 1.76. The topological polar surface area (TPSA) is 54.3 Å². The van der Waals surface area contributed by atoms with Gasteiger partial charge in [-0.15, -0.1) is 0 Å². The smallest absolute Gasteiger partial charge is 0.244 e. The highest BCUT2D eigenvalue weighted by Crippen LogP contribution is 2.28. The zero-order valence-electron chi connectivity index (χ0n) is 12.8. The van der Waals surface area contributed by atoms with E-state index in [4.69, 9.17) is 0 Å². The van der Waals surface area contributed by atoms with Crippen molar-refractivity contribution in [1.29, 1.82) is 0 Å². The van der Waals surface area contributed by atoms with Gasteiger partial charge in [-0.25, -0.2) is 8.42 Å². The molecule has 2 rings (SSSR count). The highest BCUT2D eigenvalue weighted by molar-refractivity contribution is 7.89. The molecule has 2 heterocycles. The first kappa shape index (κ1) is 15.5. The number of sulfonamides is 1. The molecule has 0 bridgehead atoms. The van der Waals surface area contributed by atoms with Crippen molar-refractivity contribution in [3.63, 3.8) is 0 Å². The van der Waals surface area contributed by atoms with Crippen LogP contribution in [0.1, 0.15) is 26.5 Å². The Kier molecular flexibility index (Phi) is 4.56. The summed E-state index contributed by atoms with van der Waals surface area (Å²) in [5, 5.41) is 3.08. The molecule has 1 aliphatic rings. The highest BCUT2D eigenvalue weighted by Gasteiger charge is 2.35. The first-order chi connectivity index (χ1) is 9.40. The van der Waals surface area contributed by atoms with Crippen LogP contribution < -0.4 is 5.32 Å². The molecule has 1 fully saturated rings. The van der Waals surface area contributed by atoms with Crippen LogP contribution in [0.2, 0.25) is 0 Å². The Bertz CT molecular complexity index is 555. The van der Waals surface area contributed by atoms with Crippen molar-refractivity contribution < 1.29 is 8.42 Å². The fourth-order valence-electron chi connectivity index (χ4n) is 2.71. The van der Waals surface area contributed by atoms with Gasteiger partial charge in [-0.3, -0.25) is 0 Å². The molecule has 0 radical (unpaired) electrons. The molecular formula is C14H25N3O2S. The van der Waals surface area contributed by atoms with Crippen LogP contribution in [0.15, 0.2) is 17.2 Å². The lowest BCUT2D eigenvalue weighted by atomic mass is 10.0.